The van der Waals surface area contributed by atoms with E-state index in [0.717, 1.165) is 0 Å². The van der Waals surface area contributed by atoms with Crippen LogP contribution in [0, 0.1) is 0 Å². The predicted molar refractivity (Wildman–Crippen MR) is 84.2 cm³/mol. The van der Waals surface area contributed by atoms with Crippen molar-refractivity contribution < 1.29 is 76.4 Å². The molecule has 200 valence electrons. The molecule has 0 bridgehead atoms. The zero-order valence-corrected chi connectivity index (χ0v) is 16.8. The molecule has 0 aliphatic heterocycles. The van der Waals surface area contributed by atoms with E-state index < -0.39 is 74.9 Å². The highest BCUT2D eigenvalue weighted by Gasteiger charge is 2.90. The number of hydrogen-bond acceptors (Lipinski definition) is 4. The number of aliphatic hydroxyl groups excluding tert-OH is 1. The minimum Gasteiger partial charge on any atom is -0.394 e. The molecule has 0 spiro atoms. The summed E-state index contributed by atoms with van der Waals surface area (Å²) in [6.07, 6.45) is -7.60. The molecule has 0 aliphatic carbocycles. The Labute approximate surface area is 179 Å². The van der Waals surface area contributed by atoms with Gasteiger partial charge in [0, 0.05) is 6.61 Å². The van der Waals surface area contributed by atoms with Crippen LogP contribution in [-0.4, -0.2) is 86.6 Å². The molecule has 0 fully saturated rings. The van der Waals surface area contributed by atoms with E-state index in [1.807, 2.05) is 0 Å². The molecule has 0 aliphatic rings. The zero-order chi connectivity index (χ0) is 26.4. The average molecular weight is 524 g/mol. The molecule has 0 heterocycles. The summed E-state index contributed by atoms with van der Waals surface area (Å²) in [4.78, 5) is 0. The Kier molecular flexibility index (Phi) is 11.2. The highest BCUT2D eigenvalue weighted by atomic mass is 19.4. The van der Waals surface area contributed by atoms with Gasteiger partial charge in [-0.05, 0) is 6.42 Å². The van der Waals surface area contributed by atoms with Crippen LogP contribution in [0.5, 0.6) is 0 Å². The molecule has 0 rings (SSSR count). The standard InChI is InChI=1S/C16H21F13O4/c1-2-3-5-31-7-10(33-6-4-30)8-32-9-11(17,18)12(19,20)13(21,22)14(23,24)15(25,26)16(27,28)29/h10,30H,2-9H2,1H3. The van der Waals surface area contributed by atoms with Crippen molar-refractivity contribution in [3.8, 4) is 0 Å². The van der Waals surface area contributed by atoms with E-state index in [9.17, 15) is 57.1 Å². The second kappa shape index (κ2) is 11.6. The van der Waals surface area contributed by atoms with Crippen LogP contribution >= 0.6 is 0 Å². The van der Waals surface area contributed by atoms with Crippen LogP contribution < -0.4 is 0 Å². The van der Waals surface area contributed by atoms with Crippen LogP contribution in [0.1, 0.15) is 19.8 Å². The molecule has 1 unspecified atom stereocenters. The quantitative estimate of drug-likeness (QED) is 0.230. The highest BCUT2D eigenvalue weighted by molar-refractivity contribution is 5.10. The van der Waals surface area contributed by atoms with E-state index in [1.54, 1.807) is 6.92 Å². The van der Waals surface area contributed by atoms with Gasteiger partial charge >= 0.3 is 35.8 Å². The van der Waals surface area contributed by atoms with E-state index in [1.165, 1.54) is 0 Å². The van der Waals surface area contributed by atoms with E-state index in [-0.39, 0.29) is 6.61 Å². The molecule has 0 aromatic heterocycles. The Balaban J connectivity index is 5.47. The molecule has 0 saturated heterocycles. The number of alkyl halides is 13. The molecule has 1 N–H and O–H groups in total. The van der Waals surface area contributed by atoms with Crippen molar-refractivity contribution in [3.63, 3.8) is 0 Å². The van der Waals surface area contributed by atoms with Gasteiger partial charge in [-0.2, -0.15) is 57.1 Å². The summed E-state index contributed by atoms with van der Waals surface area (Å²) in [6, 6.07) is 0. The number of rotatable bonds is 16. The minimum absolute atomic E-state index is 0.123. The first-order valence-electron chi connectivity index (χ1n) is 9.08. The Bertz CT molecular complexity index is 581. The summed E-state index contributed by atoms with van der Waals surface area (Å²) in [6.45, 7) is -3.44. The molecule has 0 aromatic carbocycles. The number of aliphatic hydroxyl groups is 1. The first kappa shape index (κ1) is 31.9. The van der Waals surface area contributed by atoms with Crippen LogP contribution in [0.3, 0.4) is 0 Å². The van der Waals surface area contributed by atoms with Gasteiger partial charge < -0.3 is 19.3 Å². The molecular formula is C16H21F13O4. The summed E-state index contributed by atoms with van der Waals surface area (Å²) in [7, 11) is 0. The third-order valence-corrected chi connectivity index (χ3v) is 3.98. The van der Waals surface area contributed by atoms with Gasteiger partial charge in [0.05, 0.1) is 26.4 Å². The molecule has 4 nitrogen and oxygen atoms in total. The lowest BCUT2D eigenvalue weighted by Crippen LogP contribution is -2.70. The minimum atomic E-state index is -7.95. The van der Waals surface area contributed by atoms with Crippen molar-refractivity contribution in [2.75, 3.05) is 39.6 Å². The normalized spacial score (nSPS) is 15.7. The molecule has 1 atom stereocenters. The van der Waals surface area contributed by atoms with E-state index >= 15 is 0 Å². The fourth-order valence-corrected chi connectivity index (χ4v) is 2.04. The summed E-state index contributed by atoms with van der Waals surface area (Å²) < 4.78 is 183. The fourth-order valence-electron chi connectivity index (χ4n) is 2.04. The van der Waals surface area contributed by atoms with Crippen molar-refractivity contribution >= 4 is 0 Å². The van der Waals surface area contributed by atoms with Crippen LogP contribution in [0.15, 0.2) is 0 Å². The lowest BCUT2D eigenvalue weighted by atomic mass is 9.94. The lowest BCUT2D eigenvalue weighted by molar-refractivity contribution is -0.441. The lowest BCUT2D eigenvalue weighted by Gasteiger charge is -2.39. The van der Waals surface area contributed by atoms with Gasteiger partial charge in [-0.3, -0.25) is 0 Å². The van der Waals surface area contributed by atoms with Gasteiger partial charge in [0.25, 0.3) is 0 Å². The first-order valence-corrected chi connectivity index (χ1v) is 9.08. The van der Waals surface area contributed by atoms with Gasteiger partial charge in [-0.25, -0.2) is 0 Å². The van der Waals surface area contributed by atoms with Crippen molar-refractivity contribution in [2.45, 2.75) is 61.7 Å². The van der Waals surface area contributed by atoms with Crippen molar-refractivity contribution in [1.29, 1.82) is 0 Å². The molecule has 33 heavy (non-hydrogen) atoms. The van der Waals surface area contributed by atoms with Gasteiger partial charge in [0.2, 0.25) is 0 Å². The number of ether oxygens (including phenoxy) is 3. The molecule has 17 heteroatoms. The Morgan fingerprint density at radius 2 is 1.15 bits per heavy atom. The Hall–Kier alpha value is -1.07. The molecule has 0 radical (unpaired) electrons. The summed E-state index contributed by atoms with van der Waals surface area (Å²) >= 11 is 0. The van der Waals surface area contributed by atoms with Crippen molar-refractivity contribution in [1.82, 2.24) is 0 Å². The van der Waals surface area contributed by atoms with E-state index in [4.69, 9.17) is 14.6 Å². The van der Waals surface area contributed by atoms with Crippen LogP contribution in [0.2, 0.25) is 0 Å². The maximum absolute atomic E-state index is 13.6. The molecule has 0 amide bonds. The predicted octanol–water partition coefficient (Wildman–Crippen LogP) is 4.94. The topological polar surface area (TPSA) is 47.9 Å². The maximum Gasteiger partial charge on any atom is 0.460 e. The van der Waals surface area contributed by atoms with Crippen LogP contribution in [-0.2, 0) is 14.2 Å². The van der Waals surface area contributed by atoms with Crippen LogP contribution in [0.4, 0.5) is 57.1 Å². The zero-order valence-electron chi connectivity index (χ0n) is 16.8. The van der Waals surface area contributed by atoms with E-state index in [0.29, 0.717) is 12.8 Å². The smallest absolute Gasteiger partial charge is 0.394 e. The van der Waals surface area contributed by atoms with Crippen LogP contribution in [0.25, 0.3) is 0 Å². The maximum atomic E-state index is 13.6. The third kappa shape index (κ3) is 6.97. The first-order chi connectivity index (χ1) is 14.7. The largest absolute Gasteiger partial charge is 0.460 e. The SMILES string of the molecule is CCCCOCC(COCC(F)(F)C(F)(F)C(F)(F)C(F)(F)C(F)(F)C(F)(F)F)OCCO. The van der Waals surface area contributed by atoms with Gasteiger partial charge in [0.15, 0.2) is 0 Å². The summed E-state index contributed by atoms with van der Waals surface area (Å²) in [5.74, 6) is -37.3. The summed E-state index contributed by atoms with van der Waals surface area (Å²) in [5.41, 5.74) is 0. The molecule has 0 aromatic rings. The Morgan fingerprint density at radius 1 is 0.667 bits per heavy atom. The van der Waals surface area contributed by atoms with Gasteiger partial charge in [0.1, 0.15) is 12.7 Å². The Morgan fingerprint density at radius 3 is 1.61 bits per heavy atom. The summed E-state index contributed by atoms with van der Waals surface area (Å²) in [5, 5.41) is 8.65. The van der Waals surface area contributed by atoms with Gasteiger partial charge in [-0.15, -0.1) is 0 Å². The van der Waals surface area contributed by atoms with Gasteiger partial charge in [-0.1, -0.05) is 13.3 Å². The third-order valence-electron chi connectivity index (χ3n) is 3.98. The second-order valence-electron chi connectivity index (χ2n) is 6.66. The molecular weight excluding hydrogens is 503 g/mol. The monoisotopic (exact) mass is 524 g/mol. The molecule has 0 saturated carbocycles. The second-order valence-corrected chi connectivity index (χ2v) is 6.66. The average Bonchev–Trinajstić information content (AvgIpc) is 2.67. The fraction of sp³-hybridized carbons (Fsp3) is 1.00. The number of unbranched alkanes of at least 4 members (excludes halogenated alkanes) is 1. The number of halogens is 13. The van der Waals surface area contributed by atoms with Crippen molar-refractivity contribution in [3.05, 3.63) is 0 Å². The number of hydrogen-bond donors (Lipinski definition) is 1. The van der Waals surface area contributed by atoms with E-state index in [2.05, 4.69) is 4.74 Å². The highest BCUT2D eigenvalue weighted by Crippen LogP contribution is 2.60. The van der Waals surface area contributed by atoms with Crippen molar-refractivity contribution in [2.24, 2.45) is 0 Å².